The molecule has 0 aromatic heterocycles. The Morgan fingerprint density at radius 1 is 1.20 bits per heavy atom. The minimum absolute atomic E-state index is 0.112. The van der Waals surface area contributed by atoms with Gasteiger partial charge in [-0.15, -0.1) is 0 Å². The number of carboxylic acids is 1. The van der Waals surface area contributed by atoms with Crippen LogP contribution in [0.5, 0.6) is 0 Å². The van der Waals surface area contributed by atoms with Crippen molar-refractivity contribution in [1.29, 1.82) is 0 Å². The molecule has 0 spiro atoms. The van der Waals surface area contributed by atoms with E-state index in [-0.39, 0.29) is 18.0 Å². The molecule has 1 saturated carbocycles. The summed E-state index contributed by atoms with van der Waals surface area (Å²) in [6.07, 6.45) is 1.73. The topological polar surface area (TPSA) is 78.4 Å². The van der Waals surface area contributed by atoms with Crippen LogP contribution < -0.4 is 10.6 Å². The minimum Gasteiger partial charge on any atom is -0.481 e. The predicted octanol–water partition coefficient (Wildman–Crippen LogP) is 3.37. The molecule has 1 aromatic carbocycles. The maximum absolute atomic E-state index is 11.8. The van der Waals surface area contributed by atoms with Crippen LogP contribution in [0.15, 0.2) is 18.2 Å². The lowest BCUT2D eigenvalue weighted by molar-refractivity contribution is -0.141. The highest BCUT2D eigenvalue weighted by atomic mass is 35.5. The van der Waals surface area contributed by atoms with E-state index in [2.05, 4.69) is 10.6 Å². The maximum Gasteiger partial charge on any atom is 0.319 e. The van der Waals surface area contributed by atoms with E-state index >= 15 is 0 Å². The van der Waals surface area contributed by atoms with Gasteiger partial charge in [-0.1, -0.05) is 23.2 Å². The van der Waals surface area contributed by atoms with Crippen molar-refractivity contribution < 1.29 is 14.7 Å². The van der Waals surface area contributed by atoms with Gasteiger partial charge < -0.3 is 15.7 Å². The van der Waals surface area contributed by atoms with Gasteiger partial charge in [0.1, 0.15) is 0 Å². The number of aliphatic carboxylic acids is 1. The number of nitrogens with one attached hydrogen (secondary N) is 2. The number of hydrogen-bond donors (Lipinski definition) is 3. The summed E-state index contributed by atoms with van der Waals surface area (Å²) in [5, 5.41) is 15.1. The molecular formula is C13H14Cl2N2O3. The molecule has 1 aliphatic rings. The monoisotopic (exact) mass is 316 g/mol. The Kier molecular flexibility index (Phi) is 4.73. The van der Waals surface area contributed by atoms with Crippen LogP contribution in [0.2, 0.25) is 10.0 Å². The van der Waals surface area contributed by atoms with Crippen LogP contribution in [0.4, 0.5) is 10.5 Å². The number of amides is 2. The standard InChI is InChI=1S/C13H14Cl2N2O3/c14-10-4-3-9(6-11(10)15)17-13(20)16-8-2-1-7(5-8)12(18)19/h3-4,6-8H,1-2,5H2,(H,18,19)(H2,16,17,20)/t7-,8+/m1/s1. The van der Waals surface area contributed by atoms with E-state index in [0.717, 1.165) is 0 Å². The van der Waals surface area contributed by atoms with Crippen LogP contribution in [0.1, 0.15) is 19.3 Å². The molecule has 0 unspecified atom stereocenters. The number of anilines is 1. The van der Waals surface area contributed by atoms with Crippen molar-refractivity contribution in [3.8, 4) is 0 Å². The van der Waals surface area contributed by atoms with E-state index in [1.54, 1.807) is 18.2 Å². The summed E-state index contributed by atoms with van der Waals surface area (Å²) in [6, 6.07) is 4.30. The first-order valence-electron chi connectivity index (χ1n) is 6.21. The Hall–Kier alpha value is -1.46. The zero-order valence-electron chi connectivity index (χ0n) is 10.5. The van der Waals surface area contributed by atoms with Crippen molar-refractivity contribution >= 4 is 40.9 Å². The van der Waals surface area contributed by atoms with Gasteiger partial charge in [-0.05, 0) is 37.5 Å². The van der Waals surface area contributed by atoms with E-state index in [1.807, 2.05) is 0 Å². The lowest BCUT2D eigenvalue weighted by Gasteiger charge is -2.13. The highest BCUT2D eigenvalue weighted by Crippen LogP contribution is 2.27. The van der Waals surface area contributed by atoms with Crippen molar-refractivity contribution in [3.63, 3.8) is 0 Å². The smallest absolute Gasteiger partial charge is 0.319 e. The van der Waals surface area contributed by atoms with Crippen molar-refractivity contribution in [3.05, 3.63) is 28.2 Å². The predicted molar refractivity (Wildman–Crippen MR) is 77.4 cm³/mol. The van der Waals surface area contributed by atoms with E-state index < -0.39 is 5.97 Å². The van der Waals surface area contributed by atoms with Gasteiger partial charge in [-0.2, -0.15) is 0 Å². The average Bonchev–Trinajstić information content (AvgIpc) is 2.82. The van der Waals surface area contributed by atoms with Crippen LogP contribution in [-0.4, -0.2) is 23.1 Å². The fourth-order valence-corrected chi connectivity index (χ4v) is 2.56. The van der Waals surface area contributed by atoms with Crippen LogP contribution in [0.25, 0.3) is 0 Å². The molecule has 20 heavy (non-hydrogen) atoms. The maximum atomic E-state index is 11.8. The number of benzene rings is 1. The second kappa shape index (κ2) is 6.33. The summed E-state index contributed by atoms with van der Waals surface area (Å²) >= 11 is 11.6. The second-order valence-electron chi connectivity index (χ2n) is 4.77. The first-order valence-corrected chi connectivity index (χ1v) is 6.96. The molecular weight excluding hydrogens is 303 g/mol. The van der Waals surface area contributed by atoms with Gasteiger partial charge in [-0.25, -0.2) is 4.79 Å². The van der Waals surface area contributed by atoms with Crippen molar-refractivity contribution in [2.24, 2.45) is 5.92 Å². The number of hydrogen-bond acceptors (Lipinski definition) is 2. The van der Waals surface area contributed by atoms with Crippen molar-refractivity contribution in [2.45, 2.75) is 25.3 Å². The molecule has 7 heteroatoms. The second-order valence-corrected chi connectivity index (χ2v) is 5.59. The van der Waals surface area contributed by atoms with Crippen molar-refractivity contribution in [2.75, 3.05) is 5.32 Å². The normalized spacial score (nSPS) is 21.5. The molecule has 1 aromatic rings. The molecule has 1 fully saturated rings. The molecule has 0 radical (unpaired) electrons. The zero-order valence-corrected chi connectivity index (χ0v) is 12.0. The minimum atomic E-state index is -0.806. The van der Waals surface area contributed by atoms with E-state index in [9.17, 15) is 9.59 Å². The molecule has 108 valence electrons. The van der Waals surface area contributed by atoms with Gasteiger partial charge in [0.05, 0.1) is 16.0 Å². The third-order valence-corrected chi connectivity index (χ3v) is 4.03. The molecule has 0 saturated heterocycles. The Morgan fingerprint density at radius 3 is 2.55 bits per heavy atom. The van der Waals surface area contributed by atoms with Crippen LogP contribution >= 0.6 is 23.2 Å². The van der Waals surface area contributed by atoms with Gasteiger partial charge in [0.25, 0.3) is 0 Å². The van der Waals surface area contributed by atoms with Crippen LogP contribution in [-0.2, 0) is 4.79 Å². The molecule has 0 heterocycles. The molecule has 2 amide bonds. The summed E-state index contributed by atoms with van der Waals surface area (Å²) < 4.78 is 0. The number of carbonyl (C=O) groups excluding carboxylic acids is 1. The number of carboxylic acid groups (broad SMARTS) is 1. The summed E-state index contributed by atoms with van der Waals surface area (Å²) in [6.45, 7) is 0. The molecule has 5 nitrogen and oxygen atoms in total. The van der Waals surface area contributed by atoms with Gasteiger partial charge in [-0.3, -0.25) is 4.79 Å². The highest BCUT2D eigenvalue weighted by Gasteiger charge is 2.30. The lowest BCUT2D eigenvalue weighted by Crippen LogP contribution is -2.36. The Bertz CT molecular complexity index is 536. The van der Waals surface area contributed by atoms with Gasteiger partial charge in [0.15, 0.2) is 0 Å². The zero-order chi connectivity index (χ0) is 14.7. The average molecular weight is 317 g/mol. The quantitative estimate of drug-likeness (QED) is 0.800. The molecule has 0 aliphatic heterocycles. The molecule has 2 atom stereocenters. The third kappa shape index (κ3) is 3.77. The van der Waals surface area contributed by atoms with Crippen molar-refractivity contribution in [1.82, 2.24) is 5.32 Å². The largest absolute Gasteiger partial charge is 0.481 e. The van der Waals surface area contributed by atoms with Gasteiger partial charge >= 0.3 is 12.0 Å². The van der Waals surface area contributed by atoms with E-state index in [1.165, 1.54) is 0 Å². The van der Waals surface area contributed by atoms with Crippen LogP contribution in [0, 0.1) is 5.92 Å². The van der Waals surface area contributed by atoms with E-state index in [4.69, 9.17) is 28.3 Å². The summed E-state index contributed by atoms with van der Waals surface area (Å²) in [4.78, 5) is 22.6. The summed E-state index contributed by atoms with van der Waals surface area (Å²) in [7, 11) is 0. The Balaban J connectivity index is 1.87. The number of rotatable bonds is 3. The first kappa shape index (κ1) is 14.9. The Labute approximate surface area is 126 Å². The number of urea groups is 1. The summed E-state index contributed by atoms with van der Waals surface area (Å²) in [5.74, 6) is -1.18. The third-order valence-electron chi connectivity index (χ3n) is 3.29. The molecule has 2 rings (SSSR count). The fraction of sp³-hybridized carbons (Fsp3) is 0.385. The highest BCUT2D eigenvalue weighted by molar-refractivity contribution is 6.42. The first-order chi connectivity index (χ1) is 9.45. The van der Waals surface area contributed by atoms with Gasteiger partial charge in [0, 0.05) is 11.7 Å². The summed E-state index contributed by atoms with van der Waals surface area (Å²) in [5.41, 5.74) is 0.532. The van der Waals surface area contributed by atoms with Gasteiger partial charge in [0.2, 0.25) is 0 Å². The van der Waals surface area contributed by atoms with Crippen LogP contribution in [0.3, 0.4) is 0 Å². The number of carbonyl (C=O) groups is 2. The molecule has 3 N–H and O–H groups in total. The fourth-order valence-electron chi connectivity index (χ4n) is 2.26. The number of halogens is 2. The molecule has 1 aliphatic carbocycles. The Morgan fingerprint density at radius 2 is 1.95 bits per heavy atom. The molecule has 0 bridgehead atoms. The lowest BCUT2D eigenvalue weighted by atomic mass is 10.1. The SMILES string of the molecule is O=C(Nc1ccc(Cl)c(Cl)c1)N[C@H]1CC[C@@H](C(=O)O)C1. The van der Waals surface area contributed by atoms with E-state index in [0.29, 0.717) is 35.0 Å².